The van der Waals surface area contributed by atoms with Crippen LogP contribution < -0.4 is 5.32 Å². The first-order valence-corrected chi connectivity index (χ1v) is 8.71. The van der Waals surface area contributed by atoms with Gasteiger partial charge in [0.2, 0.25) is 0 Å². The van der Waals surface area contributed by atoms with Crippen molar-refractivity contribution in [3.63, 3.8) is 0 Å². The number of amides is 1. The average Bonchev–Trinajstić information content (AvgIpc) is 2.61. The number of hydrogen-bond acceptors (Lipinski definition) is 4. The molecule has 1 atom stereocenters. The Hall–Kier alpha value is -2.14. The van der Waals surface area contributed by atoms with E-state index in [1.54, 1.807) is 6.07 Å². The zero-order valence-corrected chi connectivity index (χ0v) is 14.5. The SMILES string of the molecule is CCC1CCCCN1C(=O)c1cc(Nc2cccc(Cl)c2)ncn1. The van der Waals surface area contributed by atoms with Gasteiger partial charge < -0.3 is 10.2 Å². The summed E-state index contributed by atoms with van der Waals surface area (Å²) in [7, 11) is 0. The average molecular weight is 345 g/mol. The summed E-state index contributed by atoms with van der Waals surface area (Å²) in [5.74, 6) is 0.568. The van der Waals surface area contributed by atoms with Crippen LogP contribution in [-0.4, -0.2) is 33.4 Å². The maximum Gasteiger partial charge on any atom is 0.272 e. The van der Waals surface area contributed by atoms with Crippen LogP contribution in [0.25, 0.3) is 0 Å². The molecule has 2 aromatic rings. The summed E-state index contributed by atoms with van der Waals surface area (Å²) < 4.78 is 0. The zero-order valence-electron chi connectivity index (χ0n) is 13.7. The predicted molar refractivity (Wildman–Crippen MR) is 95.7 cm³/mol. The lowest BCUT2D eigenvalue weighted by molar-refractivity contribution is 0.0602. The minimum atomic E-state index is -0.0157. The molecule has 1 aromatic carbocycles. The first kappa shape index (κ1) is 16.7. The Bertz CT molecular complexity index is 722. The van der Waals surface area contributed by atoms with E-state index in [-0.39, 0.29) is 5.91 Å². The Kier molecular flexibility index (Phi) is 5.30. The van der Waals surface area contributed by atoms with Crippen LogP contribution in [0, 0.1) is 0 Å². The summed E-state index contributed by atoms with van der Waals surface area (Å²) in [4.78, 5) is 23.1. The van der Waals surface area contributed by atoms with Crippen LogP contribution in [0.15, 0.2) is 36.7 Å². The van der Waals surface area contributed by atoms with E-state index in [1.165, 1.54) is 12.7 Å². The number of nitrogens with one attached hydrogen (secondary N) is 1. The second-order valence-corrected chi connectivity index (χ2v) is 6.42. The molecule has 2 heterocycles. The molecule has 1 unspecified atom stereocenters. The van der Waals surface area contributed by atoms with Gasteiger partial charge in [-0.15, -0.1) is 0 Å². The lowest BCUT2D eigenvalue weighted by Gasteiger charge is -2.35. The van der Waals surface area contributed by atoms with E-state index in [1.807, 2.05) is 29.2 Å². The monoisotopic (exact) mass is 344 g/mol. The van der Waals surface area contributed by atoms with Crippen molar-refractivity contribution in [3.05, 3.63) is 47.4 Å². The molecule has 0 aliphatic carbocycles. The number of hydrogen-bond donors (Lipinski definition) is 1. The molecule has 1 aliphatic heterocycles. The lowest BCUT2D eigenvalue weighted by atomic mass is 9.99. The summed E-state index contributed by atoms with van der Waals surface area (Å²) >= 11 is 5.99. The third kappa shape index (κ3) is 3.85. The third-order valence-corrected chi connectivity index (χ3v) is 4.58. The standard InChI is InChI=1S/C18H21ClN4O/c1-2-15-8-3-4-9-23(15)18(24)16-11-17(21-12-20-16)22-14-7-5-6-13(19)10-14/h5-7,10-12,15H,2-4,8-9H2,1H3,(H,20,21,22). The Morgan fingerprint density at radius 1 is 1.33 bits per heavy atom. The maximum absolute atomic E-state index is 12.8. The zero-order chi connectivity index (χ0) is 16.9. The summed E-state index contributed by atoms with van der Waals surface area (Å²) in [6.07, 6.45) is 5.71. The largest absolute Gasteiger partial charge is 0.340 e. The van der Waals surface area contributed by atoms with E-state index < -0.39 is 0 Å². The van der Waals surface area contributed by atoms with Crippen LogP contribution in [0.3, 0.4) is 0 Å². The highest BCUT2D eigenvalue weighted by molar-refractivity contribution is 6.30. The number of halogens is 1. The molecule has 6 heteroatoms. The number of aromatic nitrogens is 2. The van der Waals surface area contributed by atoms with Gasteiger partial charge >= 0.3 is 0 Å². The number of carbonyl (C=O) groups is 1. The summed E-state index contributed by atoms with van der Waals surface area (Å²) in [6, 6.07) is 9.38. The number of likely N-dealkylation sites (tertiary alicyclic amines) is 1. The normalized spacial score (nSPS) is 17.6. The number of benzene rings is 1. The summed E-state index contributed by atoms with van der Waals surface area (Å²) in [6.45, 7) is 2.93. The number of nitrogens with zero attached hydrogens (tertiary/aromatic N) is 3. The topological polar surface area (TPSA) is 58.1 Å². The number of rotatable bonds is 4. The van der Waals surface area contributed by atoms with Gasteiger partial charge in [0.05, 0.1) is 0 Å². The first-order chi connectivity index (χ1) is 11.7. The van der Waals surface area contributed by atoms with Crippen LogP contribution in [-0.2, 0) is 0 Å². The van der Waals surface area contributed by atoms with E-state index in [4.69, 9.17) is 11.6 Å². The molecule has 1 aliphatic rings. The number of anilines is 2. The highest BCUT2D eigenvalue weighted by Crippen LogP contribution is 2.23. The van der Waals surface area contributed by atoms with Gasteiger partial charge in [0.1, 0.15) is 17.8 Å². The van der Waals surface area contributed by atoms with Crippen LogP contribution in [0.1, 0.15) is 43.1 Å². The molecule has 3 rings (SSSR count). The van der Waals surface area contributed by atoms with Crippen molar-refractivity contribution in [2.45, 2.75) is 38.6 Å². The van der Waals surface area contributed by atoms with Crippen molar-refractivity contribution in [1.29, 1.82) is 0 Å². The summed E-state index contributed by atoms with van der Waals surface area (Å²) in [5.41, 5.74) is 1.25. The second-order valence-electron chi connectivity index (χ2n) is 5.98. The molecule has 0 radical (unpaired) electrons. The van der Waals surface area contributed by atoms with Crippen LogP contribution >= 0.6 is 11.6 Å². The lowest BCUT2D eigenvalue weighted by Crippen LogP contribution is -2.43. The minimum absolute atomic E-state index is 0.0157. The molecule has 1 fully saturated rings. The second kappa shape index (κ2) is 7.62. The molecule has 1 amide bonds. The number of carbonyl (C=O) groups excluding carboxylic acids is 1. The van der Waals surface area contributed by atoms with Gasteiger partial charge in [0.15, 0.2) is 0 Å². The Labute approximate surface area is 147 Å². The van der Waals surface area contributed by atoms with E-state index in [2.05, 4.69) is 22.2 Å². The first-order valence-electron chi connectivity index (χ1n) is 8.33. The minimum Gasteiger partial charge on any atom is -0.340 e. The Balaban J connectivity index is 1.78. The van der Waals surface area contributed by atoms with Crippen LogP contribution in [0.4, 0.5) is 11.5 Å². The van der Waals surface area contributed by atoms with Crippen molar-refractivity contribution >= 4 is 29.0 Å². The van der Waals surface area contributed by atoms with Gasteiger partial charge in [-0.25, -0.2) is 9.97 Å². The van der Waals surface area contributed by atoms with Gasteiger partial charge in [0, 0.05) is 29.4 Å². The fraction of sp³-hybridized carbons (Fsp3) is 0.389. The molecule has 24 heavy (non-hydrogen) atoms. The molecule has 1 N–H and O–H groups in total. The highest BCUT2D eigenvalue weighted by Gasteiger charge is 2.27. The molecular weight excluding hydrogens is 324 g/mol. The van der Waals surface area contributed by atoms with Crippen molar-refractivity contribution < 1.29 is 4.79 Å². The number of piperidine rings is 1. The molecule has 1 aromatic heterocycles. The summed E-state index contributed by atoms with van der Waals surface area (Å²) in [5, 5.41) is 3.80. The quantitative estimate of drug-likeness (QED) is 0.899. The maximum atomic E-state index is 12.8. The van der Waals surface area contributed by atoms with Crippen molar-refractivity contribution in [2.24, 2.45) is 0 Å². The van der Waals surface area contributed by atoms with Crippen LogP contribution in [0.2, 0.25) is 5.02 Å². The molecule has 0 spiro atoms. The van der Waals surface area contributed by atoms with Gasteiger partial charge in [-0.1, -0.05) is 24.6 Å². The van der Waals surface area contributed by atoms with Crippen LogP contribution in [0.5, 0.6) is 0 Å². The fourth-order valence-electron chi connectivity index (χ4n) is 3.10. The van der Waals surface area contributed by atoms with Gasteiger partial charge in [-0.3, -0.25) is 4.79 Å². The predicted octanol–water partition coefficient (Wildman–Crippen LogP) is 4.28. The van der Waals surface area contributed by atoms with E-state index >= 15 is 0 Å². The Morgan fingerprint density at radius 2 is 2.21 bits per heavy atom. The van der Waals surface area contributed by atoms with Gasteiger partial charge in [0.25, 0.3) is 5.91 Å². The van der Waals surface area contributed by atoms with Crippen molar-refractivity contribution in [2.75, 3.05) is 11.9 Å². The van der Waals surface area contributed by atoms with Gasteiger partial charge in [-0.2, -0.15) is 0 Å². The smallest absolute Gasteiger partial charge is 0.272 e. The molecule has 0 bridgehead atoms. The van der Waals surface area contributed by atoms with E-state index in [9.17, 15) is 4.79 Å². The Morgan fingerprint density at radius 3 is 3.00 bits per heavy atom. The highest BCUT2D eigenvalue weighted by atomic mass is 35.5. The fourth-order valence-corrected chi connectivity index (χ4v) is 3.29. The van der Waals surface area contributed by atoms with Gasteiger partial charge in [-0.05, 0) is 43.9 Å². The van der Waals surface area contributed by atoms with Crippen molar-refractivity contribution in [3.8, 4) is 0 Å². The molecule has 0 saturated carbocycles. The van der Waals surface area contributed by atoms with Crippen molar-refractivity contribution in [1.82, 2.24) is 14.9 Å². The third-order valence-electron chi connectivity index (χ3n) is 4.34. The van der Waals surface area contributed by atoms with E-state index in [0.717, 1.165) is 31.5 Å². The molecule has 1 saturated heterocycles. The molecular formula is C18H21ClN4O. The van der Waals surface area contributed by atoms with E-state index in [0.29, 0.717) is 22.6 Å². The molecule has 5 nitrogen and oxygen atoms in total. The molecule has 126 valence electrons.